The van der Waals surface area contributed by atoms with Gasteiger partial charge in [-0.25, -0.2) is 4.79 Å². The summed E-state index contributed by atoms with van der Waals surface area (Å²) in [6.45, 7) is 5.17. The van der Waals surface area contributed by atoms with Crippen LogP contribution in [0, 0.1) is 12.3 Å². The molecular formula is C23H27N3O4S2. The maximum absolute atomic E-state index is 12.5. The second-order valence-corrected chi connectivity index (χ2v) is 9.50. The highest BCUT2D eigenvalue weighted by Gasteiger charge is 2.23. The molecule has 1 aromatic heterocycles. The summed E-state index contributed by atoms with van der Waals surface area (Å²) in [5.41, 5.74) is 1.24. The fraction of sp³-hybridized carbons (Fsp3) is 0.478. The van der Waals surface area contributed by atoms with E-state index in [1.54, 1.807) is 29.7 Å². The van der Waals surface area contributed by atoms with Crippen molar-refractivity contribution in [2.75, 3.05) is 24.7 Å². The number of thiazole rings is 1. The van der Waals surface area contributed by atoms with Crippen LogP contribution in [0.1, 0.15) is 43.5 Å². The van der Waals surface area contributed by atoms with Crippen molar-refractivity contribution in [1.29, 1.82) is 0 Å². The molecule has 2 heterocycles. The Kier molecular flexibility index (Phi) is 8.53. The molecule has 0 radical (unpaired) electrons. The van der Waals surface area contributed by atoms with Crippen LogP contribution in [0.4, 0.5) is 0 Å². The summed E-state index contributed by atoms with van der Waals surface area (Å²) in [7, 11) is 0. The average molecular weight is 474 g/mol. The molecule has 1 unspecified atom stereocenters. The lowest BCUT2D eigenvalue weighted by Gasteiger charge is -2.33. The van der Waals surface area contributed by atoms with Gasteiger partial charge < -0.3 is 14.2 Å². The molecule has 0 aliphatic carbocycles. The van der Waals surface area contributed by atoms with E-state index in [0.29, 0.717) is 17.0 Å². The van der Waals surface area contributed by atoms with E-state index in [9.17, 15) is 14.4 Å². The minimum absolute atomic E-state index is 0.0748. The van der Waals surface area contributed by atoms with E-state index in [0.717, 1.165) is 36.0 Å². The second kappa shape index (κ2) is 11.3. The van der Waals surface area contributed by atoms with E-state index in [-0.39, 0.29) is 35.9 Å². The van der Waals surface area contributed by atoms with Crippen molar-refractivity contribution in [3.63, 3.8) is 0 Å². The number of likely N-dealkylation sites (tertiary alicyclic amines) is 1. The summed E-state index contributed by atoms with van der Waals surface area (Å²) >= 11 is 2.57. The standard InChI is InChI=1S/C23H27N3O4S2/c1-4-11-26-18-10-9-17(22(29)30-5-2)13-19(18)32-23(26)24-20(27)14-31-15-21(28)25-12-7-6-8-16(25)3/h1,9-10,13,16H,5-8,11-12,14-15H2,2-3H3. The number of benzene rings is 1. The van der Waals surface area contributed by atoms with E-state index in [4.69, 9.17) is 11.2 Å². The van der Waals surface area contributed by atoms with Gasteiger partial charge in [0.05, 0.1) is 40.4 Å². The highest BCUT2D eigenvalue weighted by Crippen LogP contribution is 2.20. The van der Waals surface area contributed by atoms with Gasteiger partial charge in [0.1, 0.15) is 0 Å². The lowest BCUT2D eigenvalue weighted by Crippen LogP contribution is -2.43. The summed E-state index contributed by atoms with van der Waals surface area (Å²) in [6.07, 6.45) is 8.73. The van der Waals surface area contributed by atoms with Gasteiger partial charge in [-0.05, 0) is 51.3 Å². The maximum atomic E-state index is 12.5. The number of rotatable bonds is 7. The van der Waals surface area contributed by atoms with Gasteiger partial charge in [-0.2, -0.15) is 4.99 Å². The van der Waals surface area contributed by atoms with E-state index in [2.05, 4.69) is 17.8 Å². The van der Waals surface area contributed by atoms with E-state index in [1.807, 2.05) is 4.90 Å². The van der Waals surface area contributed by atoms with Crippen LogP contribution in [0.15, 0.2) is 23.2 Å². The smallest absolute Gasteiger partial charge is 0.338 e. The number of esters is 1. The molecular weight excluding hydrogens is 446 g/mol. The molecule has 2 amide bonds. The van der Waals surface area contributed by atoms with E-state index < -0.39 is 5.97 Å². The number of nitrogens with zero attached hydrogens (tertiary/aromatic N) is 3. The molecule has 1 aromatic carbocycles. The van der Waals surface area contributed by atoms with Gasteiger partial charge >= 0.3 is 5.97 Å². The number of thioether (sulfide) groups is 1. The third kappa shape index (κ3) is 5.81. The first-order chi connectivity index (χ1) is 15.4. The SMILES string of the molecule is C#CCn1c(=NC(=O)CSCC(=O)N2CCCCC2C)sc2cc(C(=O)OCC)ccc21. The number of carbonyl (C=O) groups excluding carboxylic acids is 3. The van der Waals surface area contributed by atoms with Gasteiger partial charge in [0.15, 0.2) is 4.80 Å². The Morgan fingerprint density at radius 2 is 2.12 bits per heavy atom. The third-order valence-corrected chi connectivity index (χ3v) is 7.18. The molecule has 0 bridgehead atoms. The monoisotopic (exact) mass is 473 g/mol. The Balaban J connectivity index is 1.72. The predicted molar refractivity (Wildman–Crippen MR) is 128 cm³/mol. The highest BCUT2D eigenvalue weighted by molar-refractivity contribution is 8.00. The first-order valence-corrected chi connectivity index (χ1v) is 12.6. The molecule has 0 N–H and O–H groups in total. The zero-order valence-corrected chi connectivity index (χ0v) is 20.0. The van der Waals surface area contributed by atoms with Crippen LogP contribution in [0.2, 0.25) is 0 Å². The number of piperidine rings is 1. The molecule has 1 atom stereocenters. The lowest BCUT2D eigenvalue weighted by molar-refractivity contribution is -0.131. The summed E-state index contributed by atoms with van der Waals surface area (Å²) in [6, 6.07) is 5.45. The first kappa shape index (κ1) is 24.1. The number of ether oxygens (including phenoxy) is 1. The number of hydrogen-bond acceptors (Lipinski definition) is 6. The van der Waals surface area contributed by atoms with Gasteiger partial charge in [-0.3, -0.25) is 9.59 Å². The fourth-order valence-corrected chi connectivity index (χ4v) is 5.43. The quantitative estimate of drug-likeness (QED) is 0.456. The zero-order valence-electron chi connectivity index (χ0n) is 18.3. The van der Waals surface area contributed by atoms with Crippen molar-refractivity contribution >= 4 is 51.1 Å². The van der Waals surface area contributed by atoms with Gasteiger partial charge in [0.2, 0.25) is 5.91 Å². The summed E-state index contributed by atoms with van der Waals surface area (Å²) in [5, 5.41) is 0. The average Bonchev–Trinajstić information content (AvgIpc) is 3.10. The first-order valence-electron chi connectivity index (χ1n) is 10.6. The lowest BCUT2D eigenvalue weighted by atomic mass is 10.0. The minimum Gasteiger partial charge on any atom is -0.462 e. The van der Waals surface area contributed by atoms with E-state index in [1.165, 1.54) is 23.1 Å². The molecule has 170 valence electrons. The number of amides is 2. The summed E-state index contributed by atoms with van der Waals surface area (Å²) < 4.78 is 7.62. The number of terminal acetylenes is 1. The van der Waals surface area contributed by atoms with Gasteiger partial charge in [-0.15, -0.1) is 18.2 Å². The molecule has 2 aromatic rings. The summed E-state index contributed by atoms with van der Waals surface area (Å²) in [5.74, 6) is 2.32. The predicted octanol–water partition coefficient (Wildman–Crippen LogP) is 3.07. The van der Waals surface area contributed by atoms with Crippen molar-refractivity contribution in [1.82, 2.24) is 9.47 Å². The molecule has 3 rings (SSSR count). The molecule has 7 nitrogen and oxygen atoms in total. The molecule has 32 heavy (non-hydrogen) atoms. The zero-order chi connectivity index (χ0) is 23.1. The number of aromatic nitrogens is 1. The van der Waals surface area contributed by atoms with Crippen molar-refractivity contribution < 1.29 is 19.1 Å². The molecule has 9 heteroatoms. The Bertz CT molecular complexity index is 1110. The van der Waals surface area contributed by atoms with Crippen molar-refractivity contribution in [3.05, 3.63) is 28.6 Å². The third-order valence-electron chi connectivity index (χ3n) is 5.24. The Labute approximate surface area is 195 Å². The minimum atomic E-state index is -0.398. The molecule has 1 fully saturated rings. The topological polar surface area (TPSA) is 81.0 Å². The van der Waals surface area contributed by atoms with Crippen LogP contribution in [-0.4, -0.2) is 57.9 Å². The number of hydrogen-bond donors (Lipinski definition) is 0. The van der Waals surface area contributed by atoms with Crippen molar-refractivity contribution in [2.24, 2.45) is 4.99 Å². The summed E-state index contributed by atoms with van der Waals surface area (Å²) in [4.78, 5) is 43.6. The molecule has 0 saturated carbocycles. The van der Waals surface area contributed by atoms with Gasteiger partial charge in [0, 0.05) is 12.6 Å². The molecule has 0 spiro atoms. The fourth-order valence-electron chi connectivity index (χ4n) is 3.66. The van der Waals surface area contributed by atoms with Crippen LogP contribution < -0.4 is 4.80 Å². The largest absolute Gasteiger partial charge is 0.462 e. The van der Waals surface area contributed by atoms with Crippen LogP contribution in [0.3, 0.4) is 0 Å². The second-order valence-electron chi connectivity index (χ2n) is 7.51. The molecule has 1 aliphatic heterocycles. The van der Waals surface area contributed by atoms with Crippen LogP contribution >= 0.6 is 23.1 Å². The highest BCUT2D eigenvalue weighted by atomic mass is 32.2. The van der Waals surface area contributed by atoms with Crippen molar-refractivity contribution in [3.8, 4) is 12.3 Å². The Morgan fingerprint density at radius 1 is 1.31 bits per heavy atom. The molecule has 1 saturated heterocycles. The Hall–Kier alpha value is -2.57. The van der Waals surface area contributed by atoms with Gasteiger partial charge in [0.25, 0.3) is 5.91 Å². The van der Waals surface area contributed by atoms with Crippen LogP contribution in [0.5, 0.6) is 0 Å². The normalized spacial score (nSPS) is 16.7. The maximum Gasteiger partial charge on any atom is 0.338 e. The Morgan fingerprint density at radius 3 is 2.84 bits per heavy atom. The van der Waals surface area contributed by atoms with Crippen LogP contribution in [0.25, 0.3) is 10.2 Å². The molecule has 1 aliphatic rings. The number of fused-ring (bicyclic) bond motifs is 1. The number of carbonyl (C=O) groups is 3. The van der Waals surface area contributed by atoms with E-state index >= 15 is 0 Å². The van der Waals surface area contributed by atoms with Crippen molar-refractivity contribution in [2.45, 2.75) is 45.7 Å². The van der Waals surface area contributed by atoms with Crippen LogP contribution in [-0.2, 0) is 20.9 Å². The van der Waals surface area contributed by atoms with Gasteiger partial charge in [-0.1, -0.05) is 17.3 Å².